The van der Waals surface area contributed by atoms with Gasteiger partial charge in [-0.15, -0.1) is 0 Å². The first-order chi connectivity index (χ1) is 7.79. The van der Waals surface area contributed by atoms with Crippen molar-refractivity contribution in [3.8, 4) is 17.2 Å². The van der Waals surface area contributed by atoms with Gasteiger partial charge in [-0.05, 0) is 18.6 Å². The van der Waals surface area contributed by atoms with Crippen LogP contribution in [0.3, 0.4) is 0 Å². The minimum absolute atomic E-state index is 0.0751. The molecule has 1 unspecified atom stereocenters. The first-order valence-electron chi connectivity index (χ1n) is 5.18. The minimum atomic E-state index is -0.157. The number of ether oxygens (including phenoxy) is 3. The first-order valence-corrected chi connectivity index (χ1v) is 5.18. The Morgan fingerprint density at radius 2 is 2.19 bits per heavy atom. The van der Waals surface area contributed by atoms with Crippen LogP contribution in [0, 0.1) is 0 Å². The van der Waals surface area contributed by atoms with E-state index in [0.29, 0.717) is 24.5 Å². The van der Waals surface area contributed by atoms with Crippen LogP contribution in [-0.4, -0.2) is 31.2 Å². The van der Waals surface area contributed by atoms with E-state index in [1.807, 2.05) is 0 Å². The molecule has 5 heteroatoms. The van der Waals surface area contributed by atoms with Crippen LogP contribution in [0.5, 0.6) is 17.2 Å². The molecule has 0 amide bonds. The van der Waals surface area contributed by atoms with E-state index in [9.17, 15) is 0 Å². The van der Waals surface area contributed by atoms with E-state index in [1.54, 1.807) is 18.2 Å². The lowest BCUT2D eigenvalue weighted by Crippen LogP contribution is -2.28. The Kier molecular flexibility index (Phi) is 3.48. The Hall–Kier alpha value is -1.46. The van der Waals surface area contributed by atoms with Crippen molar-refractivity contribution < 1.29 is 19.3 Å². The highest BCUT2D eigenvalue weighted by Gasteiger charge is 2.14. The predicted octanol–water partition coefficient (Wildman–Crippen LogP) is 0.504. The van der Waals surface area contributed by atoms with Crippen molar-refractivity contribution in [2.45, 2.75) is 12.5 Å². The van der Waals surface area contributed by atoms with Crippen molar-refractivity contribution >= 4 is 0 Å². The lowest BCUT2D eigenvalue weighted by molar-refractivity contribution is 0.173. The lowest BCUT2D eigenvalue weighted by Gasteiger charge is -2.12. The molecule has 0 aliphatic carbocycles. The Morgan fingerprint density at radius 3 is 3.00 bits per heavy atom. The van der Waals surface area contributed by atoms with E-state index >= 15 is 0 Å². The number of hydrogen-bond acceptors (Lipinski definition) is 5. The summed E-state index contributed by atoms with van der Waals surface area (Å²) in [7, 11) is 0. The molecule has 0 bridgehead atoms. The van der Waals surface area contributed by atoms with Crippen molar-refractivity contribution in [3.63, 3.8) is 0 Å². The van der Waals surface area contributed by atoms with Crippen LogP contribution in [-0.2, 0) is 0 Å². The zero-order chi connectivity index (χ0) is 11.4. The maximum atomic E-state index is 8.69. The van der Waals surface area contributed by atoms with Gasteiger partial charge < -0.3 is 25.1 Å². The molecule has 0 saturated carbocycles. The van der Waals surface area contributed by atoms with Crippen molar-refractivity contribution in [1.29, 1.82) is 0 Å². The zero-order valence-electron chi connectivity index (χ0n) is 8.89. The number of benzene rings is 1. The molecular weight excluding hydrogens is 210 g/mol. The zero-order valence-corrected chi connectivity index (χ0v) is 8.89. The predicted molar refractivity (Wildman–Crippen MR) is 57.7 cm³/mol. The number of fused-ring (bicyclic) bond motifs is 1. The number of rotatable bonds is 5. The Labute approximate surface area is 93.7 Å². The third-order valence-corrected chi connectivity index (χ3v) is 2.31. The summed E-state index contributed by atoms with van der Waals surface area (Å²) in [5.74, 6) is 2.11. The van der Waals surface area contributed by atoms with Crippen molar-refractivity contribution in [1.82, 2.24) is 0 Å². The average molecular weight is 225 g/mol. The fraction of sp³-hybridized carbons (Fsp3) is 0.455. The van der Waals surface area contributed by atoms with Gasteiger partial charge in [0, 0.05) is 18.7 Å². The molecule has 3 N–H and O–H groups in total. The number of hydrogen-bond donors (Lipinski definition) is 2. The largest absolute Gasteiger partial charge is 0.492 e. The molecule has 88 valence electrons. The summed E-state index contributed by atoms with van der Waals surface area (Å²) in [6.07, 6.45) is 0.532. The van der Waals surface area contributed by atoms with Crippen molar-refractivity contribution in [2.75, 3.05) is 20.0 Å². The third kappa shape index (κ3) is 2.56. The molecule has 1 atom stereocenters. The van der Waals surface area contributed by atoms with E-state index in [0.717, 1.165) is 5.75 Å². The third-order valence-electron chi connectivity index (χ3n) is 2.31. The smallest absolute Gasteiger partial charge is 0.231 e. The lowest BCUT2D eigenvalue weighted by atomic mass is 10.2. The number of aliphatic hydroxyl groups is 1. The summed E-state index contributed by atoms with van der Waals surface area (Å²) in [6.45, 7) is 0.703. The van der Waals surface area contributed by atoms with Gasteiger partial charge in [-0.3, -0.25) is 0 Å². The van der Waals surface area contributed by atoms with Crippen LogP contribution in [0.2, 0.25) is 0 Å². The van der Waals surface area contributed by atoms with Gasteiger partial charge in [-0.25, -0.2) is 0 Å². The van der Waals surface area contributed by atoms with E-state index < -0.39 is 0 Å². The summed E-state index contributed by atoms with van der Waals surface area (Å²) in [6, 6.07) is 5.22. The Balaban J connectivity index is 1.90. The van der Waals surface area contributed by atoms with E-state index in [2.05, 4.69) is 0 Å². The molecule has 0 saturated heterocycles. The molecule has 0 aromatic heterocycles. The molecule has 2 rings (SSSR count). The number of aliphatic hydroxyl groups excluding tert-OH is 1. The molecule has 1 aliphatic heterocycles. The normalized spacial score (nSPS) is 14.9. The Bertz CT molecular complexity index is 356. The van der Waals surface area contributed by atoms with Gasteiger partial charge in [-0.2, -0.15) is 0 Å². The van der Waals surface area contributed by atoms with Crippen LogP contribution >= 0.6 is 0 Å². The molecular formula is C11H15NO4. The van der Waals surface area contributed by atoms with Crippen molar-refractivity contribution in [2.24, 2.45) is 5.73 Å². The highest BCUT2D eigenvalue weighted by Crippen LogP contribution is 2.35. The first kappa shape index (κ1) is 11.0. The van der Waals surface area contributed by atoms with Crippen LogP contribution in [0.1, 0.15) is 6.42 Å². The SMILES string of the molecule is NC(CCO)COc1ccc2c(c1)OCO2. The highest BCUT2D eigenvalue weighted by molar-refractivity contribution is 5.46. The van der Waals surface area contributed by atoms with Crippen LogP contribution in [0.15, 0.2) is 18.2 Å². The minimum Gasteiger partial charge on any atom is -0.492 e. The van der Waals surface area contributed by atoms with Gasteiger partial charge in [0.15, 0.2) is 11.5 Å². The van der Waals surface area contributed by atoms with E-state index in [4.69, 9.17) is 25.1 Å². The van der Waals surface area contributed by atoms with Crippen LogP contribution in [0.4, 0.5) is 0 Å². The van der Waals surface area contributed by atoms with Gasteiger partial charge in [0.25, 0.3) is 0 Å². The molecule has 1 heterocycles. The maximum Gasteiger partial charge on any atom is 0.231 e. The summed E-state index contributed by atoms with van der Waals surface area (Å²) in [5, 5.41) is 8.69. The summed E-state index contributed by atoms with van der Waals surface area (Å²) < 4.78 is 15.9. The molecule has 5 nitrogen and oxygen atoms in total. The van der Waals surface area contributed by atoms with Gasteiger partial charge >= 0.3 is 0 Å². The maximum absolute atomic E-state index is 8.69. The standard InChI is InChI=1S/C11H15NO4/c12-8(3-4-13)6-14-9-1-2-10-11(5-9)16-7-15-10/h1-2,5,8,13H,3-4,6-7,12H2. The van der Waals surface area contributed by atoms with Gasteiger partial charge in [0.05, 0.1) is 0 Å². The van der Waals surface area contributed by atoms with Gasteiger partial charge in [0.1, 0.15) is 12.4 Å². The second-order valence-electron chi connectivity index (χ2n) is 3.60. The summed E-state index contributed by atoms with van der Waals surface area (Å²) >= 11 is 0. The molecule has 0 radical (unpaired) electrons. The number of nitrogens with two attached hydrogens (primary N) is 1. The molecule has 16 heavy (non-hydrogen) atoms. The average Bonchev–Trinajstić information content (AvgIpc) is 2.74. The van der Waals surface area contributed by atoms with Crippen molar-refractivity contribution in [3.05, 3.63) is 18.2 Å². The summed E-state index contributed by atoms with van der Waals surface area (Å²) in [4.78, 5) is 0. The highest BCUT2D eigenvalue weighted by atomic mass is 16.7. The van der Waals surface area contributed by atoms with Crippen LogP contribution < -0.4 is 19.9 Å². The van der Waals surface area contributed by atoms with Crippen LogP contribution in [0.25, 0.3) is 0 Å². The topological polar surface area (TPSA) is 73.9 Å². The molecule has 1 aromatic rings. The fourth-order valence-corrected chi connectivity index (χ4v) is 1.42. The molecule has 1 aliphatic rings. The second-order valence-corrected chi connectivity index (χ2v) is 3.60. The van der Waals surface area contributed by atoms with E-state index in [1.165, 1.54) is 0 Å². The summed E-state index contributed by atoms with van der Waals surface area (Å²) in [5.41, 5.74) is 5.70. The van der Waals surface area contributed by atoms with E-state index in [-0.39, 0.29) is 19.4 Å². The molecule has 1 aromatic carbocycles. The van der Waals surface area contributed by atoms with Gasteiger partial charge in [-0.1, -0.05) is 0 Å². The second kappa shape index (κ2) is 5.05. The van der Waals surface area contributed by atoms with Gasteiger partial charge in [0.2, 0.25) is 6.79 Å². The molecule has 0 fully saturated rings. The fourth-order valence-electron chi connectivity index (χ4n) is 1.42. The Morgan fingerprint density at radius 1 is 1.38 bits per heavy atom. The quantitative estimate of drug-likeness (QED) is 0.763. The monoisotopic (exact) mass is 225 g/mol. The molecule has 0 spiro atoms.